The second kappa shape index (κ2) is 7.81. The van der Waals surface area contributed by atoms with Gasteiger partial charge in [0.15, 0.2) is 0 Å². The van der Waals surface area contributed by atoms with Gasteiger partial charge in [-0.25, -0.2) is 0 Å². The lowest BCUT2D eigenvalue weighted by atomic mass is 10.0. The number of nitrogens with one attached hydrogen (secondary N) is 1. The first-order chi connectivity index (χ1) is 9.74. The first kappa shape index (κ1) is 18.0. The largest absolute Gasteiger partial charge is 0.396 e. The molecule has 0 saturated carbocycles. The van der Waals surface area contributed by atoms with Crippen LogP contribution in [0.4, 0.5) is 5.69 Å². The molecule has 3 heteroatoms. The summed E-state index contributed by atoms with van der Waals surface area (Å²) in [7, 11) is 0. The number of hydrogen-bond donors (Lipinski definition) is 2. The second-order valence-electron chi connectivity index (χ2n) is 7.08. The van der Waals surface area contributed by atoms with Gasteiger partial charge in [0.1, 0.15) is 0 Å². The summed E-state index contributed by atoms with van der Waals surface area (Å²) >= 11 is 0. The molecule has 0 unspecified atom stereocenters. The van der Waals surface area contributed by atoms with Crippen molar-refractivity contribution in [3.63, 3.8) is 0 Å². The number of anilines is 1. The molecule has 1 aromatic carbocycles. The normalized spacial score (nSPS) is 12.0. The Labute approximate surface area is 130 Å². The zero-order chi connectivity index (χ0) is 16.0. The fourth-order valence-corrected chi connectivity index (χ4v) is 2.34. The van der Waals surface area contributed by atoms with Crippen LogP contribution in [0.5, 0.6) is 0 Å². The monoisotopic (exact) mass is 292 g/mol. The molecule has 0 saturated heterocycles. The Balaban J connectivity index is 2.84. The molecule has 3 nitrogen and oxygen atoms in total. The Morgan fingerprint density at radius 3 is 2.38 bits per heavy atom. The number of benzene rings is 1. The van der Waals surface area contributed by atoms with Gasteiger partial charge in [0.25, 0.3) is 0 Å². The molecule has 0 aromatic heterocycles. The molecule has 1 rings (SSSR count). The standard InChI is InChI=1S/C18H32N2O/c1-14(2)20(10-7-11-21)17-9-8-16(15(3)12-17)13-19-18(4,5)6/h8-9,12,14,19,21H,7,10-11,13H2,1-6H3. The summed E-state index contributed by atoms with van der Waals surface area (Å²) in [5.41, 5.74) is 4.05. The highest BCUT2D eigenvalue weighted by atomic mass is 16.3. The quantitative estimate of drug-likeness (QED) is 0.807. The number of nitrogens with zero attached hydrogens (tertiary/aromatic N) is 1. The van der Waals surface area contributed by atoms with E-state index in [9.17, 15) is 0 Å². The van der Waals surface area contributed by atoms with Crippen LogP contribution >= 0.6 is 0 Å². The SMILES string of the molecule is Cc1cc(N(CCCO)C(C)C)ccc1CNC(C)(C)C. The van der Waals surface area contributed by atoms with Crippen LogP contribution in [-0.2, 0) is 6.54 Å². The van der Waals surface area contributed by atoms with E-state index < -0.39 is 0 Å². The van der Waals surface area contributed by atoms with Gasteiger partial charge in [0.05, 0.1) is 0 Å². The van der Waals surface area contributed by atoms with Gasteiger partial charge in [-0.05, 0) is 71.2 Å². The summed E-state index contributed by atoms with van der Waals surface area (Å²) in [5.74, 6) is 0. The average Bonchev–Trinajstić information content (AvgIpc) is 2.36. The number of rotatable bonds is 7. The average molecular weight is 292 g/mol. The van der Waals surface area contributed by atoms with Gasteiger partial charge in [-0.2, -0.15) is 0 Å². The van der Waals surface area contributed by atoms with E-state index in [1.54, 1.807) is 0 Å². The van der Waals surface area contributed by atoms with Crippen molar-refractivity contribution in [3.05, 3.63) is 29.3 Å². The van der Waals surface area contributed by atoms with Crippen LogP contribution in [0.1, 0.15) is 52.2 Å². The van der Waals surface area contributed by atoms with Crippen molar-refractivity contribution in [1.82, 2.24) is 5.32 Å². The number of aryl methyl sites for hydroxylation is 1. The number of hydrogen-bond acceptors (Lipinski definition) is 3. The molecule has 2 N–H and O–H groups in total. The van der Waals surface area contributed by atoms with E-state index in [1.807, 2.05) is 0 Å². The lowest BCUT2D eigenvalue weighted by Gasteiger charge is -2.30. The molecule has 0 atom stereocenters. The van der Waals surface area contributed by atoms with Crippen LogP contribution in [0.15, 0.2) is 18.2 Å². The molecule has 0 radical (unpaired) electrons. The van der Waals surface area contributed by atoms with E-state index >= 15 is 0 Å². The molecular formula is C18H32N2O. The highest BCUT2D eigenvalue weighted by molar-refractivity contribution is 5.51. The minimum atomic E-state index is 0.135. The van der Waals surface area contributed by atoms with E-state index in [0.29, 0.717) is 6.04 Å². The lowest BCUT2D eigenvalue weighted by molar-refractivity contribution is 0.288. The summed E-state index contributed by atoms with van der Waals surface area (Å²) in [6.45, 7) is 15.2. The molecule has 0 spiro atoms. The summed E-state index contributed by atoms with van der Waals surface area (Å²) in [5, 5.41) is 12.6. The first-order valence-electron chi connectivity index (χ1n) is 7.96. The van der Waals surface area contributed by atoms with Crippen molar-refractivity contribution in [2.75, 3.05) is 18.1 Å². The van der Waals surface area contributed by atoms with Crippen molar-refractivity contribution in [2.45, 2.75) is 66.1 Å². The maximum Gasteiger partial charge on any atom is 0.0447 e. The summed E-state index contributed by atoms with van der Waals surface area (Å²) in [6.07, 6.45) is 0.810. The van der Waals surface area contributed by atoms with Crippen LogP contribution in [0.2, 0.25) is 0 Å². The highest BCUT2D eigenvalue weighted by Gasteiger charge is 2.13. The minimum Gasteiger partial charge on any atom is -0.396 e. The van der Waals surface area contributed by atoms with Crippen LogP contribution in [0.25, 0.3) is 0 Å². The lowest BCUT2D eigenvalue weighted by Crippen LogP contribution is -2.35. The Kier molecular flexibility index (Phi) is 6.69. The van der Waals surface area contributed by atoms with Gasteiger partial charge in [-0.3, -0.25) is 0 Å². The van der Waals surface area contributed by atoms with Gasteiger partial charge in [0, 0.05) is 37.0 Å². The van der Waals surface area contributed by atoms with Crippen molar-refractivity contribution >= 4 is 5.69 Å². The topological polar surface area (TPSA) is 35.5 Å². The summed E-state index contributed by atoms with van der Waals surface area (Å²) in [6, 6.07) is 7.12. The fraction of sp³-hybridized carbons (Fsp3) is 0.667. The van der Waals surface area contributed by atoms with Crippen molar-refractivity contribution < 1.29 is 5.11 Å². The molecule has 0 amide bonds. The van der Waals surface area contributed by atoms with Crippen LogP contribution in [-0.4, -0.2) is 29.8 Å². The smallest absolute Gasteiger partial charge is 0.0447 e. The number of aliphatic hydroxyl groups excluding tert-OH is 1. The molecule has 1 aromatic rings. The van der Waals surface area contributed by atoms with E-state index in [2.05, 4.69) is 70.0 Å². The Morgan fingerprint density at radius 2 is 1.90 bits per heavy atom. The zero-order valence-corrected chi connectivity index (χ0v) is 14.5. The van der Waals surface area contributed by atoms with Crippen LogP contribution < -0.4 is 10.2 Å². The predicted octanol–water partition coefficient (Wildman–Crippen LogP) is 3.48. The van der Waals surface area contributed by atoms with Crippen molar-refractivity contribution in [3.8, 4) is 0 Å². The zero-order valence-electron chi connectivity index (χ0n) is 14.5. The first-order valence-corrected chi connectivity index (χ1v) is 7.96. The summed E-state index contributed by atoms with van der Waals surface area (Å²) in [4.78, 5) is 2.35. The molecule has 0 fully saturated rings. The maximum absolute atomic E-state index is 9.05. The molecule has 0 bridgehead atoms. The van der Waals surface area contributed by atoms with Gasteiger partial charge < -0.3 is 15.3 Å². The third-order valence-corrected chi connectivity index (χ3v) is 3.65. The molecule has 120 valence electrons. The van der Waals surface area contributed by atoms with Gasteiger partial charge in [0.2, 0.25) is 0 Å². The Hall–Kier alpha value is -1.06. The van der Waals surface area contributed by atoms with E-state index in [1.165, 1.54) is 16.8 Å². The van der Waals surface area contributed by atoms with Crippen LogP contribution in [0, 0.1) is 6.92 Å². The third kappa shape index (κ3) is 6.06. The second-order valence-corrected chi connectivity index (χ2v) is 7.08. The number of aliphatic hydroxyl groups is 1. The molecule has 0 aliphatic carbocycles. The molecule has 0 heterocycles. The van der Waals surface area contributed by atoms with Crippen molar-refractivity contribution in [1.29, 1.82) is 0 Å². The van der Waals surface area contributed by atoms with Crippen LogP contribution in [0.3, 0.4) is 0 Å². The minimum absolute atomic E-state index is 0.135. The molecule has 21 heavy (non-hydrogen) atoms. The summed E-state index contributed by atoms with van der Waals surface area (Å²) < 4.78 is 0. The van der Waals surface area contributed by atoms with Gasteiger partial charge in [-0.15, -0.1) is 0 Å². The predicted molar refractivity (Wildman–Crippen MR) is 92.0 cm³/mol. The van der Waals surface area contributed by atoms with E-state index in [0.717, 1.165) is 19.5 Å². The highest BCUT2D eigenvalue weighted by Crippen LogP contribution is 2.22. The van der Waals surface area contributed by atoms with Gasteiger partial charge >= 0.3 is 0 Å². The van der Waals surface area contributed by atoms with E-state index in [4.69, 9.17) is 5.11 Å². The molecule has 0 aliphatic rings. The van der Waals surface area contributed by atoms with E-state index in [-0.39, 0.29) is 12.1 Å². The van der Waals surface area contributed by atoms with Gasteiger partial charge in [-0.1, -0.05) is 6.07 Å². The molecule has 0 aliphatic heterocycles. The fourth-order valence-electron chi connectivity index (χ4n) is 2.34. The van der Waals surface area contributed by atoms with Crippen molar-refractivity contribution in [2.24, 2.45) is 0 Å². The Morgan fingerprint density at radius 1 is 1.24 bits per heavy atom. The molecular weight excluding hydrogens is 260 g/mol. The maximum atomic E-state index is 9.05. The third-order valence-electron chi connectivity index (χ3n) is 3.65. The Bertz CT molecular complexity index is 435.